The van der Waals surface area contributed by atoms with E-state index in [1.54, 1.807) is 24.3 Å². The number of ether oxygens (including phenoxy) is 3. The first-order valence-electron chi connectivity index (χ1n) is 7.07. The molecule has 0 saturated heterocycles. The summed E-state index contributed by atoms with van der Waals surface area (Å²) in [5, 5.41) is 2.68. The highest BCUT2D eigenvalue weighted by molar-refractivity contribution is 6.31. The number of carbonyl (C=O) groups excluding carboxylic acids is 3. The van der Waals surface area contributed by atoms with Crippen LogP contribution in [0.1, 0.15) is 18.6 Å². The minimum absolute atomic E-state index is 0.220. The van der Waals surface area contributed by atoms with Crippen LogP contribution in [0.5, 0.6) is 0 Å². The van der Waals surface area contributed by atoms with Crippen molar-refractivity contribution < 1.29 is 28.6 Å². The fraction of sp³-hybridized carbons (Fsp3) is 0.312. The molecule has 1 aliphatic rings. The molecule has 24 heavy (non-hydrogen) atoms. The lowest BCUT2D eigenvalue weighted by Crippen LogP contribution is -2.33. The second-order valence-electron chi connectivity index (χ2n) is 4.95. The van der Waals surface area contributed by atoms with E-state index in [2.05, 4.69) is 5.32 Å². The van der Waals surface area contributed by atoms with Crippen molar-refractivity contribution in [3.63, 3.8) is 0 Å². The SMILES string of the molecule is COC1=CC(=O)OC1C(OC(=O)CNC(C)=O)c1ccccc1Cl. The molecule has 0 bridgehead atoms. The zero-order valence-electron chi connectivity index (χ0n) is 13.1. The van der Waals surface area contributed by atoms with Crippen LogP contribution in [0.3, 0.4) is 0 Å². The van der Waals surface area contributed by atoms with Crippen molar-refractivity contribution in [1.29, 1.82) is 0 Å². The molecule has 2 atom stereocenters. The Labute approximate surface area is 143 Å². The molecule has 0 radical (unpaired) electrons. The van der Waals surface area contributed by atoms with Crippen molar-refractivity contribution in [3.05, 3.63) is 46.7 Å². The maximum atomic E-state index is 12.0. The van der Waals surface area contributed by atoms with Gasteiger partial charge in [0.25, 0.3) is 0 Å². The Morgan fingerprint density at radius 1 is 1.38 bits per heavy atom. The van der Waals surface area contributed by atoms with Gasteiger partial charge >= 0.3 is 11.9 Å². The Morgan fingerprint density at radius 3 is 2.71 bits per heavy atom. The summed E-state index contributed by atoms with van der Waals surface area (Å²) < 4.78 is 15.7. The number of hydrogen-bond donors (Lipinski definition) is 1. The summed E-state index contributed by atoms with van der Waals surface area (Å²) in [5.74, 6) is -1.46. The summed E-state index contributed by atoms with van der Waals surface area (Å²) in [4.78, 5) is 34.4. The van der Waals surface area contributed by atoms with Crippen molar-refractivity contribution in [2.75, 3.05) is 13.7 Å². The summed E-state index contributed by atoms with van der Waals surface area (Å²) in [7, 11) is 1.38. The van der Waals surface area contributed by atoms with E-state index < -0.39 is 24.1 Å². The van der Waals surface area contributed by atoms with E-state index in [9.17, 15) is 14.4 Å². The van der Waals surface area contributed by atoms with Gasteiger partial charge in [0.1, 0.15) is 12.3 Å². The van der Waals surface area contributed by atoms with E-state index in [-0.39, 0.29) is 18.2 Å². The number of benzene rings is 1. The number of carbonyl (C=O) groups is 3. The van der Waals surface area contributed by atoms with Crippen molar-refractivity contribution in [2.45, 2.75) is 19.1 Å². The van der Waals surface area contributed by atoms with Gasteiger partial charge in [0, 0.05) is 17.5 Å². The van der Waals surface area contributed by atoms with E-state index >= 15 is 0 Å². The summed E-state index contributed by atoms with van der Waals surface area (Å²) in [6, 6.07) is 6.70. The summed E-state index contributed by atoms with van der Waals surface area (Å²) in [6.45, 7) is 0.965. The number of hydrogen-bond acceptors (Lipinski definition) is 6. The fourth-order valence-electron chi connectivity index (χ4n) is 2.18. The molecule has 2 rings (SSSR count). The minimum Gasteiger partial charge on any atom is -0.497 e. The highest BCUT2D eigenvalue weighted by atomic mass is 35.5. The monoisotopic (exact) mass is 353 g/mol. The number of amides is 1. The predicted octanol–water partition coefficient (Wildman–Crippen LogP) is 1.52. The molecule has 1 aromatic rings. The first-order chi connectivity index (χ1) is 11.4. The smallest absolute Gasteiger partial charge is 0.335 e. The van der Waals surface area contributed by atoms with E-state index in [1.807, 2.05) is 0 Å². The van der Waals surface area contributed by atoms with Gasteiger partial charge in [-0.2, -0.15) is 0 Å². The lowest BCUT2D eigenvalue weighted by molar-refractivity contribution is -0.162. The molecule has 0 spiro atoms. The largest absolute Gasteiger partial charge is 0.497 e. The first-order valence-corrected chi connectivity index (χ1v) is 7.44. The third-order valence-electron chi connectivity index (χ3n) is 3.25. The lowest BCUT2D eigenvalue weighted by atomic mass is 10.0. The Balaban J connectivity index is 2.27. The van der Waals surface area contributed by atoms with Crippen LogP contribution < -0.4 is 5.32 Å². The van der Waals surface area contributed by atoms with Gasteiger partial charge in [-0.15, -0.1) is 0 Å². The number of esters is 2. The highest BCUT2D eigenvalue weighted by Crippen LogP contribution is 2.35. The molecule has 0 fully saturated rings. The molecule has 0 aliphatic carbocycles. The Hall–Kier alpha value is -2.54. The molecule has 1 N–H and O–H groups in total. The second kappa shape index (κ2) is 7.83. The quantitative estimate of drug-likeness (QED) is 0.780. The maximum absolute atomic E-state index is 12.0. The third kappa shape index (κ3) is 4.26. The van der Waals surface area contributed by atoms with Crippen molar-refractivity contribution in [2.24, 2.45) is 0 Å². The molecule has 128 valence electrons. The van der Waals surface area contributed by atoms with Gasteiger partial charge in [-0.25, -0.2) is 4.79 Å². The molecular weight excluding hydrogens is 338 g/mol. The standard InChI is InChI=1S/C16H16ClNO6/c1-9(19)18-8-14(21)24-15(10-5-3-4-6-11(10)17)16-12(22-2)7-13(20)23-16/h3-7,15-16H,8H2,1-2H3,(H,18,19). The highest BCUT2D eigenvalue weighted by Gasteiger charge is 2.39. The molecule has 0 saturated carbocycles. The Morgan fingerprint density at radius 2 is 2.08 bits per heavy atom. The van der Waals surface area contributed by atoms with Crippen LogP contribution >= 0.6 is 11.6 Å². The van der Waals surface area contributed by atoms with Gasteiger partial charge in [0.2, 0.25) is 5.91 Å². The molecule has 0 aromatic heterocycles. The zero-order chi connectivity index (χ0) is 17.7. The molecule has 1 aromatic carbocycles. The number of cyclic esters (lactones) is 1. The summed E-state index contributed by atoms with van der Waals surface area (Å²) in [5.41, 5.74) is 0.456. The number of rotatable bonds is 6. The molecule has 7 nitrogen and oxygen atoms in total. The molecule has 1 aliphatic heterocycles. The zero-order valence-corrected chi connectivity index (χ0v) is 13.8. The Kier molecular flexibility index (Phi) is 5.81. The molecule has 1 amide bonds. The van der Waals surface area contributed by atoms with Crippen molar-refractivity contribution >= 4 is 29.4 Å². The molecule has 1 heterocycles. The molecule has 8 heteroatoms. The maximum Gasteiger partial charge on any atom is 0.335 e. The van der Waals surface area contributed by atoms with E-state index in [4.69, 9.17) is 25.8 Å². The number of nitrogens with one attached hydrogen (secondary N) is 1. The third-order valence-corrected chi connectivity index (χ3v) is 3.59. The van der Waals surface area contributed by atoms with Crippen molar-refractivity contribution in [1.82, 2.24) is 5.32 Å². The average Bonchev–Trinajstić information content (AvgIpc) is 2.92. The lowest BCUT2D eigenvalue weighted by Gasteiger charge is -2.25. The Bertz CT molecular complexity index is 687. The van der Waals surface area contributed by atoms with E-state index in [1.165, 1.54) is 20.1 Å². The summed E-state index contributed by atoms with van der Waals surface area (Å²) >= 11 is 6.17. The van der Waals surface area contributed by atoms with Crippen LogP contribution in [0.15, 0.2) is 36.1 Å². The normalized spacial score (nSPS) is 17.5. The van der Waals surface area contributed by atoms with E-state index in [0.29, 0.717) is 10.6 Å². The fourth-order valence-corrected chi connectivity index (χ4v) is 2.42. The average molecular weight is 354 g/mol. The van der Waals surface area contributed by atoms with Crippen molar-refractivity contribution in [3.8, 4) is 0 Å². The minimum atomic E-state index is -1.00. The van der Waals surface area contributed by atoms with Gasteiger partial charge in [0.05, 0.1) is 13.2 Å². The van der Waals surface area contributed by atoms with Gasteiger partial charge in [0.15, 0.2) is 12.2 Å². The number of halogens is 1. The molecular formula is C16H16ClNO6. The van der Waals surface area contributed by atoms with Gasteiger partial charge in [-0.05, 0) is 6.07 Å². The topological polar surface area (TPSA) is 90.9 Å². The van der Waals surface area contributed by atoms with Crippen LogP contribution in [-0.2, 0) is 28.6 Å². The second-order valence-corrected chi connectivity index (χ2v) is 5.36. The van der Waals surface area contributed by atoms with Crippen LogP contribution in [0.25, 0.3) is 0 Å². The van der Waals surface area contributed by atoms with Crippen LogP contribution in [0.2, 0.25) is 5.02 Å². The molecule has 2 unspecified atom stereocenters. The van der Waals surface area contributed by atoms with Crippen LogP contribution in [0, 0.1) is 0 Å². The number of methoxy groups -OCH3 is 1. The first kappa shape index (κ1) is 17.8. The van der Waals surface area contributed by atoms with Gasteiger partial charge in [-0.1, -0.05) is 29.8 Å². The predicted molar refractivity (Wildman–Crippen MR) is 83.9 cm³/mol. The summed E-state index contributed by atoms with van der Waals surface area (Å²) in [6.07, 6.45) is -0.780. The van der Waals surface area contributed by atoms with Crippen LogP contribution in [-0.4, -0.2) is 37.6 Å². The van der Waals surface area contributed by atoms with Crippen LogP contribution in [0.4, 0.5) is 0 Å². The van der Waals surface area contributed by atoms with Gasteiger partial charge < -0.3 is 19.5 Å². The van der Waals surface area contributed by atoms with Gasteiger partial charge in [-0.3, -0.25) is 9.59 Å². The van der Waals surface area contributed by atoms with E-state index in [0.717, 1.165) is 0 Å².